The Balaban J connectivity index is 2.37. The summed E-state index contributed by atoms with van der Waals surface area (Å²) in [4.78, 5) is 25.5. The second kappa shape index (κ2) is 9.89. The van der Waals surface area contributed by atoms with E-state index in [2.05, 4.69) is 10.6 Å². The Morgan fingerprint density at radius 2 is 1.88 bits per heavy atom. The lowest BCUT2D eigenvalue weighted by Crippen LogP contribution is -2.47. The zero-order valence-electron chi connectivity index (χ0n) is 16.6. The molecule has 0 aliphatic heterocycles. The molecule has 0 saturated heterocycles. The number of nitrogens with one attached hydrogen (secondary N) is 2. The molecule has 0 aliphatic rings. The third kappa shape index (κ3) is 8.09. The second-order valence-electron chi connectivity index (χ2n) is 7.22. The van der Waals surface area contributed by atoms with Crippen LogP contribution in [0, 0.1) is 0 Å². The Hall–Kier alpha value is -2.44. The van der Waals surface area contributed by atoms with Crippen molar-refractivity contribution in [3.8, 4) is 5.75 Å². The molecule has 0 bridgehead atoms. The molecule has 7 heteroatoms. The van der Waals surface area contributed by atoms with Crippen LogP contribution >= 0.6 is 0 Å². The molecule has 0 radical (unpaired) electrons. The van der Waals surface area contributed by atoms with E-state index >= 15 is 0 Å². The van der Waals surface area contributed by atoms with Gasteiger partial charge >= 0.3 is 12.1 Å². The van der Waals surface area contributed by atoms with Gasteiger partial charge in [-0.3, -0.25) is 0 Å². The van der Waals surface area contributed by atoms with E-state index in [9.17, 15) is 9.59 Å². The van der Waals surface area contributed by atoms with Crippen LogP contribution in [0.5, 0.6) is 5.75 Å². The minimum atomic E-state index is -0.550. The molecule has 0 spiro atoms. The van der Waals surface area contributed by atoms with Crippen LogP contribution in [-0.4, -0.2) is 55.9 Å². The quantitative estimate of drug-likeness (QED) is 0.779. The fourth-order valence-electron chi connectivity index (χ4n) is 2.40. The number of urea groups is 1. The summed E-state index contributed by atoms with van der Waals surface area (Å²) in [5.74, 6) is 0.810. The summed E-state index contributed by atoms with van der Waals surface area (Å²) in [6.07, 6.45) is 0.185. The average Bonchev–Trinajstić information content (AvgIpc) is 2.52. The highest BCUT2D eigenvalue weighted by Gasteiger charge is 2.19. The Kier molecular flexibility index (Phi) is 8.22. The van der Waals surface area contributed by atoms with E-state index in [4.69, 9.17) is 9.47 Å². The Bertz CT molecular complexity index is 599. The third-order valence-electron chi connectivity index (χ3n) is 3.52. The molecule has 7 nitrogen and oxygen atoms in total. The molecule has 3 amide bonds. The number of likely N-dealkylation sites (N-methyl/N-ethyl adjacent to an activating group) is 1. The SMILES string of the molecule is COc1ccccc1CCNC(=O)N(C)CC(C)NC(=O)OC(C)(C)C. The lowest BCUT2D eigenvalue weighted by atomic mass is 10.1. The largest absolute Gasteiger partial charge is 0.496 e. The summed E-state index contributed by atoms with van der Waals surface area (Å²) >= 11 is 0. The number of alkyl carbamates (subject to hydrolysis) is 1. The summed E-state index contributed by atoms with van der Waals surface area (Å²) in [7, 11) is 3.32. The molecule has 0 saturated carbocycles. The number of para-hydroxylation sites is 1. The van der Waals surface area contributed by atoms with Crippen LogP contribution in [0.25, 0.3) is 0 Å². The van der Waals surface area contributed by atoms with Crippen LogP contribution in [0.15, 0.2) is 24.3 Å². The van der Waals surface area contributed by atoms with E-state index in [1.165, 1.54) is 4.90 Å². The van der Waals surface area contributed by atoms with E-state index in [1.807, 2.05) is 31.2 Å². The number of amides is 3. The standard InChI is InChI=1S/C19H31N3O4/c1-14(21-18(24)26-19(2,3)4)13-22(5)17(23)20-12-11-15-9-7-8-10-16(15)25-6/h7-10,14H,11-13H2,1-6H3,(H,20,23)(H,21,24). The predicted octanol–water partition coefficient (Wildman–Crippen LogP) is 2.79. The molecule has 1 rings (SSSR count). The van der Waals surface area contributed by atoms with Crippen LogP contribution in [0.3, 0.4) is 0 Å². The van der Waals surface area contributed by atoms with E-state index in [0.29, 0.717) is 19.5 Å². The number of hydrogen-bond acceptors (Lipinski definition) is 4. The summed E-state index contributed by atoms with van der Waals surface area (Å²) in [6, 6.07) is 7.30. The number of rotatable bonds is 7. The molecule has 1 unspecified atom stereocenters. The molecule has 1 aromatic carbocycles. The molecule has 0 fully saturated rings. The maximum absolute atomic E-state index is 12.2. The minimum absolute atomic E-state index is 0.197. The number of benzene rings is 1. The topological polar surface area (TPSA) is 79.9 Å². The lowest BCUT2D eigenvalue weighted by Gasteiger charge is -2.25. The van der Waals surface area contributed by atoms with Crippen molar-refractivity contribution in [2.24, 2.45) is 0 Å². The van der Waals surface area contributed by atoms with Crippen molar-refractivity contribution >= 4 is 12.1 Å². The van der Waals surface area contributed by atoms with Crippen molar-refractivity contribution < 1.29 is 19.1 Å². The predicted molar refractivity (Wildman–Crippen MR) is 102 cm³/mol. The molecule has 26 heavy (non-hydrogen) atoms. The highest BCUT2D eigenvalue weighted by atomic mass is 16.6. The molecular weight excluding hydrogens is 334 g/mol. The van der Waals surface area contributed by atoms with Crippen LogP contribution in [0.4, 0.5) is 9.59 Å². The van der Waals surface area contributed by atoms with Gasteiger partial charge in [-0.2, -0.15) is 0 Å². The third-order valence-corrected chi connectivity index (χ3v) is 3.52. The first-order valence-electron chi connectivity index (χ1n) is 8.72. The number of hydrogen-bond donors (Lipinski definition) is 2. The first kappa shape index (κ1) is 21.6. The van der Waals surface area contributed by atoms with Gasteiger partial charge in [-0.25, -0.2) is 9.59 Å². The molecule has 0 aromatic heterocycles. The molecular formula is C19H31N3O4. The minimum Gasteiger partial charge on any atom is -0.496 e. The van der Waals surface area contributed by atoms with Gasteiger partial charge in [0.25, 0.3) is 0 Å². The fraction of sp³-hybridized carbons (Fsp3) is 0.579. The second-order valence-corrected chi connectivity index (χ2v) is 7.22. The van der Waals surface area contributed by atoms with Crippen molar-refractivity contribution in [1.82, 2.24) is 15.5 Å². The molecule has 0 aliphatic carbocycles. The van der Waals surface area contributed by atoms with Gasteiger partial charge in [0, 0.05) is 26.2 Å². The van der Waals surface area contributed by atoms with E-state index in [1.54, 1.807) is 34.9 Å². The van der Waals surface area contributed by atoms with Crippen molar-refractivity contribution in [3.05, 3.63) is 29.8 Å². The highest BCUT2D eigenvalue weighted by Crippen LogP contribution is 2.17. The first-order chi connectivity index (χ1) is 12.1. The first-order valence-corrected chi connectivity index (χ1v) is 8.72. The fourth-order valence-corrected chi connectivity index (χ4v) is 2.40. The van der Waals surface area contributed by atoms with E-state index < -0.39 is 11.7 Å². The van der Waals surface area contributed by atoms with E-state index in [0.717, 1.165) is 11.3 Å². The number of nitrogens with zero attached hydrogens (tertiary/aromatic N) is 1. The summed E-state index contributed by atoms with van der Waals surface area (Å²) in [5, 5.41) is 5.59. The van der Waals surface area contributed by atoms with Gasteiger partial charge in [0.15, 0.2) is 0 Å². The Morgan fingerprint density at radius 3 is 2.50 bits per heavy atom. The number of ether oxygens (including phenoxy) is 2. The number of carbonyl (C=O) groups excluding carboxylic acids is 2. The van der Waals surface area contributed by atoms with Crippen LogP contribution in [0.2, 0.25) is 0 Å². The monoisotopic (exact) mass is 365 g/mol. The van der Waals surface area contributed by atoms with Crippen LogP contribution < -0.4 is 15.4 Å². The molecule has 0 heterocycles. The van der Waals surface area contributed by atoms with Crippen LogP contribution in [-0.2, 0) is 11.2 Å². The molecule has 146 valence electrons. The maximum atomic E-state index is 12.2. The normalized spacial score (nSPS) is 12.1. The average molecular weight is 365 g/mol. The summed E-state index contributed by atoms with van der Waals surface area (Å²) in [5.41, 5.74) is 0.490. The maximum Gasteiger partial charge on any atom is 0.407 e. The van der Waals surface area contributed by atoms with Crippen molar-refractivity contribution in [2.45, 2.75) is 45.8 Å². The van der Waals surface area contributed by atoms with Crippen molar-refractivity contribution in [3.63, 3.8) is 0 Å². The van der Waals surface area contributed by atoms with Crippen molar-refractivity contribution in [2.75, 3.05) is 27.2 Å². The lowest BCUT2D eigenvalue weighted by molar-refractivity contribution is 0.0501. The van der Waals surface area contributed by atoms with Crippen molar-refractivity contribution in [1.29, 1.82) is 0 Å². The van der Waals surface area contributed by atoms with Gasteiger partial charge in [0.1, 0.15) is 11.4 Å². The summed E-state index contributed by atoms with van der Waals surface area (Å²) in [6.45, 7) is 8.11. The van der Waals surface area contributed by atoms with Crippen LogP contribution in [0.1, 0.15) is 33.3 Å². The molecule has 1 aromatic rings. The van der Waals surface area contributed by atoms with Gasteiger partial charge in [-0.05, 0) is 45.7 Å². The smallest absolute Gasteiger partial charge is 0.407 e. The van der Waals surface area contributed by atoms with Gasteiger partial charge in [-0.15, -0.1) is 0 Å². The Morgan fingerprint density at radius 1 is 1.23 bits per heavy atom. The zero-order chi connectivity index (χ0) is 19.7. The van der Waals surface area contributed by atoms with E-state index in [-0.39, 0.29) is 12.1 Å². The molecule has 1 atom stereocenters. The van der Waals surface area contributed by atoms with Gasteiger partial charge in [-0.1, -0.05) is 18.2 Å². The van der Waals surface area contributed by atoms with Gasteiger partial charge in [0.05, 0.1) is 7.11 Å². The Labute approximate surface area is 156 Å². The molecule has 2 N–H and O–H groups in total. The number of methoxy groups -OCH3 is 1. The van der Waals surface area contributed by atoms with Gasteiger partial charge in [0.2, 0.25) is 0 Å². The van der Waals surface area contributed by atoms with Gasteiger partial charge < -0.3 is 25.0 Å². The number of carbonyl (C=O) groups is 2. The highest BCUT2D eigenvalue weighted by molar-refractivity contribution is 5.74. The summed E-state index contributed by atoms with van der Waals surface area (Å²) < 4.78 is 10.5. The zero-order valence-corrected chi connectivity index (χ0v) is 16.6.